The first-order valence-electron chi connectivity index (χ1n) is 6.81. The molecule has 106 valence electrons. The molecular formula is C17H20ClNO. The number of benzene rings is 2. The molecule has 2 nitrogen and oxygen atoms in total. The highest BCUT2D eigenvalue weighted by Gasteiger charge is 2.07. The second-order valence-electron chi connectivity index (χ2n) is 4.94. The van der Waals surface area contributed by atoms with Gasteiger partial charge in [0.2, 0.25) is 0 Å². The van der Waals surface area contributed by atoms with E-state index in [2.05, 4.69) is 12.1 Å². The first-order valence-corrected chi connectivity index (χ1v) is 7.18. The fourth-order valence-electron chi connectivity index (χ4n) is 2.19. The topological polar surface area (TPSA) is 35.2 Å². The number of nitrogens with two attached hydrogens (primary N) is 1. The van der Waals surface area contributed by atoms with E-state index in [1.54, 1.807) is 7.11 Å². The van der Waals surface area contributed by atoms with Crippen molar-refractivity contribution in [3.63, 3.8) is 0 Å². The molecule has 0 fully saturated rings. The van der Waals surface area contributed by atoms with Gasteiger partial charge in [-0.3, -0.25) is 0 Å². The van der Waals surface area contributed by atoms with E-state index in [9.17, 15) is 0 Å². The summed E-state index contributed by atoms with van der Waals surface area (Å²) in [5, 5.41) is 0.799. The molecule has 0 radical (unpaired) electrons. The number of methoxy groups -OCH3 is 1. The summed E-state index contributed by atoms with van der Waals surface area (Å²) in [5.41, 5.74) is 8.60. The molecule has 3 heteroatoms. The average Bonchev–Trinajstić information content (AvgIpc) is 2.48. The van der Waals surface area contributed by atoms with Gasteiger partial charge in [0.05, 0.1) is 7.11 Å². The van der Waals surface area contributed by atoms with Gasteiger partial charge in [0, 0.05) is 11.1 Å². The Bertz CT molecular complexity index is 539. The standard InChI is InChI=1S/C17H20ClNO/c1-20-16-10-7-13(8-11-16)6-9-15(19)12-14-4-2-3-5-17(14)18/h2-5,7-8,10-11,15H,6,9,12,19H2,1H3. The maximum absolute atomic E-state index is 6.20. The SMILES string of the molecule is COc1ccc(CCC(N)Cc2ccccc2Cl)cc1. The van der Waals surface area contributed by atoms with Gasteiger partial charge in [0.1, 0.15) is 5.75 Å². The Kier molecular flexibility index (Phi) is 5.45. The number of hydrogen-bond acceptors (Lipinski definition) is 2. The van der Waals surface area contributed by atoms with E-state index in [-0.39, 0.29) is 6.04 Å². The Morgan fingerprint density at radius 2 is 1.80 bits per heavy atom. The highest BCUT2D eigenvalue weighted by atomic mass is 35.5. The minimum atomic E-state index is 0.122. The van der Waals surface area contributed by atoms with Gasteiger partial charge in [-0.1, -0.05) is 41.9 Å². The largest absolute Gasteiger partial charge is 0.497 e. The molecule has 0 aliphatic heterocycles. The van der Waals surface area contributed by atoms with Gasteiger partial charge < -0.3 is 10.5 Å². The molecule has 0 aromatic heterocycles. The third-order valence-corrected chi connectivity index (χ3v) is 3.77. The molecule has 20 heavy (non-hydrogen) atoms. The molecule has 2 N–H and O–H groups in total. The number of aryl methyl sites for hydroxylation is 1. The van der Waals surface area contributed by atoms with Crippen molar-refractivity contribution >= 4 is 11.6 Å². The fraction of sp³-hybridized carbons (Fsp3) is 0.294. The zero-order valence-corrected chi connectivity index (χ0v) is 12.4. The van der Waals surface area contributed by atoms with Crippen molar-refractivity contribution in [2.24, 2.45) is 5.73 Å². The predicted octanol–water partition coefficient (Wildman–Crippen LogP) is 3.85. The van der Waals surface area contributed by atoms with Crippen LogP contribution in [0.4, 0.5) is 0 Å². The van der Waals surface area contributed by atoms with Crippen LogP contribution in [0.25, 0.3) is 0 Å². The molecule has 2 aromatic rings. The summed E-state index contributed by atoms with van der Waals surface area (Å²) < 4.78 is 5.15. The zero-order valence-electron chi connectivity index (χ0n) is 11.7. The lowest BCUT2D eigenvalue weighted by Crippen LogP contribution is -2.23. The highest BCUT2D eigenvalue weighted by molar-refractivity contribution is 6.31. The van der Waals surface area contributed by atoms with Crippen LogP contribution in [-0.4, -0.2) is 13.2 Å². The lowest BCUT2D eigenvalue weighted by Gasteiger charge is -2.13. The van der Waals surface area contributed by atoms with Crippen LogP contribution in [0.1, 0.15) is 17.5 Å². The average molecular weight is 290 g/mol. The third-order valence-electron chi connectivity index (χ3n) is 3.40. The minimum Gasteiger partial charge on any atom is -0.497 e. The van der Waals surface area contributed by atoms with Crippen molar-refractivity contribution in [1.82, 2.24) is 0 Å². The van der Waals surface area contributed by atoms with Crippen molar-refractivity contribution in [3.8, 4) is 5.75 Å². The van der Waals surface area contributed by atoms with E-state index >= 15 is 0 Å². The van der Waals surface area contributed by atoms with Crippen molar-refractivity contribution in [1.29, 1.82) is 0 Å². The summed E-state index contributed by atoms with van der Waals surface area (Å²) in [6, 6.07) is 16.1. The van der Waals surface area contributed by atoms with Crippen molar-refractivity contribution in [2.45, 2.75) is 25.3 Å². The van der Waals surface area contributed by atoms with Crippen LogP contribution in [-0.2, 0) is 12.8 Å². The monoisotopic (exact) mass is 289 g/mol. The third kappa shape index (κ3) is 4.26. The second-order valence-corrected chi connectivity index (χ2v) is 5.35. The molecule has 0 bridgehead atoms. The number of rotatable bonds is 6. The van der Waals surface area contributed by atoms with Crippen LogP contribution in [0.15, 0.2) is 48.5 Å². The van der Waals surface area contributed by atoms with Gasteiger partial charge in [-0.15, -0.1) is 0 Å². The Labute approximate surface area is 125 Å². The molecule has 0 aliphatic rings. The van der Waals surface area contributed by atoms with Crippen LogP contribution in [0.5, 0.6) is 5.75 Å². The Hall–Kier alpha value is -1.51. The lowest BCUT2D eigenvalue weighted by molar-refractivity contribution is 0.414. The summed E-state index contributed by atoms with van der Waals surface area (Å²) in [5.74, 6) is 0.883. The normalized spacial score (nSPS) is 12.2. The maximum atomic E-state index is 6.20. The molecule has 0 saturated heterocycles. The number of halogens is 1. The Morgan fingerprint density at radius 3 is 2.45 bits per heavy atom. The minimum absolute atomic E-state index is 0.122. The summed E-state index contributed by atoms with van der Waals surface area (Å²) in [6.07, 6.45) is 2.73. The lowest BCUT2D eigenvalue weighted by atomic mass is 10.00. The zero-order chi connectivity index (χ0) is 14.4. The predicted molar refractivity (Wildman–Crippen MR) is 84.4 cm³/mol. The van der Waals surface area contributed by atoms with Crippen LogP contribution in [0, 0.1) is 0 Å². The second kappa shape index (κ2) is 7.32. The van der Waals surface area contributed by atoms with E-state index in [1.165, 1.54) is 5.56 Å². The maximum Gasteiger partial charge on any atom is 0.118 e. The van der Waals surface area contributed by atoms with Crippen LogP contribution in [0.3, 0.4) is 0 Å². The van der Waals surface area contributed by atoms with E-state index in [0.717, 1.165) is 35.6 Å². The smallest absolute Gasteiger partial charge is 0.118 e. The number of ether oxygens (including phenoxy) is 1. The van der Waals surface area contributed by atoms with Crippen molar-refractivity contribution in [3.05, 3.63) is 64.7 Å². The van der Waals surface area contributed by atoms with Gasteiger partial charge in [-0.25, -0.2) is 0 Å². The van der Waals surface area contributed by atoms with Crippen LogP contribution < -0.4 is 10.5 Å². The van der Waals surface area contributed by atoms with E-state index in [4.69, 9.17) is 22.1 Å². The molecule has 0 aliphatic carbocycles. The highest BCUT2D eigenvalue weighted by Crippen LogP contribution is 2.18. The van der Waals surface area contributed by atoms with Crippen molar-refractivity contribution in [2.75, 3.05) is 7.11 Å². The van der Waals surface area contributed by atoms with Crippen LogP contribution >= 0.6 is 11.6 Å². The summed E-state index contributed by atoms with van der Waals surface area (Å²) in [4.78, 5) is 0. The molecule has 1 unspecified atom stereocenters. The van der Waals surface area contributed by atoms with E-state index < -0.39 is 0 Å². The summed E-state index contributed by atoms with van der Waals surface area (Å²) >= 11 is 6.15. The Morgan fingerprint density at radius 1 is 1.10 bits per heavy atom. The molecule has 0 spiro atoms. The quantitative estimate of drug-likeness (QED) is 0.876. The molecule has 0 saturated carbocycles. The summed E-state index contributed by atoms with van der Waals surface area (Å²) in [6.45, 7) is 0. The first kappa shape index (κ1) is 14.9. The van der Waals surface area contributed by atoms with E-state index in [1.807, 2.05) is 36.4 Å². The fourth-order valence-corrected chi connectivity index (χ4v) is 2.41. The van der Waals surface area contributed by atoms with Gasteiger partial charge in [0.25, 0.3) is 0 Å². The van der Waals surface area contributed by atoms with Gasteiger partial charge in [-0.2, -0.15) is 0 Å². The molecular weight excluding hydrogens is 270 g/mol. The molecule has 0 heterocycles. The van der Waals surface area contributed by atoms with Crippen molar-refractivity contribution < 1.29 is 4.74 Å². The summed E-state index contributed by atoms with van der Waals surface area (Å²) in [7, 11) is 1.68. The molecule has 0 amide bonds. The Balaban J connectivity index is 1.85. The van der Waals surface area contributed by atoms with Crippen LogP contribution in [0.2, 0.25) is 5.02 Å². The van der Waals surface area contributed by atoms with E-state index in [0.29, 0.717) is 0 Å². The first-order chi connectivity index (χ1) is 9.69. The molecule has 2 aromatic carbocycles. The van der Waals surface area contributed by atoms with Gasteiger partial charge in [0.15, 0.2) is 0 Å². The molecule has 1 atom stereocenters. The molecule has 2 rings (SSSR count). The van der Waals surface area contributed by atoms with Gasteiger partial charge >= 0.3 is 0 Å². The van der Waals surface area contributed by atoms with Gasteiger partial charge in [-0.05, 0) is 48.6 Å². The number of hydrogen-bond donors (Lipinski definition) is 1.